The van der Waals surface area contributed by atoms with Crippen LogP contribution in [0.4, 0.5) is 5.69 Å². The lowest BCUT2D eigenvalue weighted by atomic mass is 9.90. The lowest BCUT2D eigenvalue weighted by Gasteiger charge is -2.22. The third-order valence-corrected chi connectivity index (χ3v) is 3.40. The highest BCUT2D eigenvalue weighted by molar-refractivity contribution is 7.92. The van der Waals surface area contributed by atoms with Gasteiger partial charge in [0.1, 0.15) is 5.76 Å². The Balaban J connectivity index is 2.61. The number of hydrogen-bond acceptors (Lipinski definition) is 4. The van der Waals surface area contributed by atoms with Gasteiger partial charge in [0.2, 0.25) is 10.0 Å². The molecule has 21 heavy (non-hydrogen) atoms. The van der Waals surface area contributed by atoms with Crippen molar-refractivity contribution in [3.63, 3.8) is 0 Å². The van der Waals surface area contributed by atoms with Crippen LogP contribution in [0.5, 0.6) is 0 Å². The molecule has 1 aliphatic carbocycles. The zero-order chi connectivity index (χ0) is 15.8. The molecule has 0 unspecified atom stereocenters. The van der Waals surface area contributed by atoms with Crippen LogP contribution in [0.15, 0.2) is 36.4 Å². The fourth-order valence-electron chi connectivity index (χ4n) is 2.10. The van der Waals surface area contributed by atoms with Gasteiger partial charge in [0.15, 0.2) is 5.78 Å². The molecule has 0 heterocycles. The molecular formula is C15H17NO4S. The summed E-state index contributed by atoms with van der Waals surface area (Å²) < 4.78 is 30.9. The van der Waals surface area contributed by atoms with Crippen LogP contribution in [0.3, 0.4) is 0 Å². The third-order valence-electron chi connectivity index (χ3n) is 2.81. The van der Waals surface area contributed by atoms with Gasteiger partial charge in [-0.15, -0.1) is 0 Å². The van der Waals surface area contributed by atoms with Crippen LogP contribution in [0.25, 0.3) is 5.76 Å². The minimum Gasteiger partial charge on any atom is -0.490 e. The molecule has 0 saturated heterocycles. The summed E-state index contributed by atoms with van der Waals surface area (Å²) in [6.07, 6.45) is 2.54. The number of allylic oxidation sites excluding steroid dienone is 2. The highest BCUT2D eigenvalue weighted by atomic mass is 32.2. The molecular weight excluding hydrogens is 290 g/mol. The number of anilines is 1. The summed E-state index contributed by atoms with van der Waals surface area (Å²) in [5.41, 5.74) is 1.33. The summed E-state index contributed by atoms with van der Waals surface area (Å²) in [4.78, 5) is 12.3. The number of Topliss-reactive ketones (excluding diaryl/α,β-unsaturated/α-hetero) is 1. The van der Waals surface area contributed by atoms with E-state index < -0.39 is 10.0 Å². The van der Waals surface area contributed by atoms with Crippen LogP contribution >= 0.6 is 0 Å². The Kier molecular flexibility index (Phi) is 3.91. The summed E-state index contributed by atoms with van der Waals surface area (Å²) in [6.45, 7) is 7.45. The summed E-state index contributed by atoms with van der Waals surface area (Å²) in [6, 6.07) is 4.94. The minimum atomic E-state index is -3.48. The molecule has 0 aliphatic heterocycles. The molecule has 0 spiro atoms. The van der Waals surface area contributed by atoms with Crippen molar-refractivity contribution in [2.45, 2.75) is 20.0 Å². The molecule has 112 valence electrons. The fraction of sp³-hybridized carbons (Fsp3) is 0.267. The Hall–Kier alpha value is -2.08. The van der Waals surface area contributed by atoms with Gasteiger partial charge in [-0.1, -0.05) is 18.7 Å². The quantitative estimate of drug-likeness (QED) is 0.868. The molecule has 1 aromatic rings. The molecule has 0 amide bonds. The lowest BCUT2D eigenvalue weighted by Crippen LogP contribution is -2.18. The highest BCUT2D eigenvalue weighted by Crippen LogP contribution is 2.34. The van der Waals surface area contributed by atoms with Gasteiger partial charge < -0.3 is 4.74 Å². The maximum Gasteiger partial charge on any atom is 0.229 e. The average Bonchev–Trinajstić information content (AvgIpc) is 2.33. The van der Waals surface area contributed by atoms with E-state index in [0.29, 0.717) is 11.3 Å². The van der Waals surface area contributed by atoms with Crippen molar-refractivity contribution in [1.82, 2.24) is 0 Å². The number of ketones is 1. The number of sulfonamides is 1. The molecule has 1 aromatic carbocycles. The van der Waals surface area contributed by atoms with E-state index in [9.17, 15) is 13.2 Å². The topological polar surface area (TPSA) is 72.5 Å². The summed E-state index contributed by atoms with van der Waals surface area (Å²) >= 11 is 0. The van der Waals surface area contributed by atoms with E-state index in [1.54, 1.807) is 24.3 Å². The minimum absolute atomic E-state index is 0.0726. The predicted octanol–water partition coefficient (Wildman–Crippen LogP) is 2.58. The lowest BCUT2D eigenvalue weighted by molar-refractivity contribution is 0.103. The standard InChI is InChI=1S/C15H17NO4S/c1-9(2)20-13-8-10(3)15(17)14-11(13)6-5-7-12(14)16-21(4,18)19/h5-9,16H,3H2,1-2,4H3. The monoisotopic (exact) mass is 307 g/mol. The number of fused-ring (bicyclic) bond motifs is 1. The second kappa shape index (κ2) is 5.37. The van der Waals surface area contributed by atoms with Gasteiger partial charge >= 0.3 is 0 Å². The zero-order valence-corrected chi connectivity index (χ0v) is 13.0. The number of ether oxygens (including phenoxy) is 1. The molecule has 2 rings (SSSR count). The van der Waals surface area contributed by atoms with Crippen LogP contribution in [0.1, 0.15) is 29.8 Å². The SMILES string of the molecule is C=C1C=C(OC(C)C)c2cccc(NS(C)(=O)=O)c2C1=O. The third kappa shape index (κ3) is 3.33. The molecule has 1 N–H and O–H groups in total. The molecule has 0 fully saturated rings. The second-order valence-corrected chi connectivity index (χ2v) is 6.88. The van der Waals surface area contributed by atoms with Gasteiger partial charge in [-0.25, -0.2) is 8.42 Å². The fourth-order valence-corrected chi connectivity index (χ4v) is 2.67. The predicted molar refractivity (Wildman–Crippen MR) is 82.6 cm³/mol. The maximum atomic E-state index is 12.3. The number of carbonyl (C=O) groups is 1. The Morgan fingerprint density at radius 3 is 2.52 bits per heavy atom. The van der Waals surface area contributed by atoms with Crippen LogP contribution in [0, 0.1) is 0 Å². The summed E-state index contributed by atoms with van der Waals surface area (Å²) in [5, 5.41) is 0. The van der Waals surface area contributed by atoms with Crippen molar-refractivity contribution in [2.24, 2.45) is 0 Å². The summed E-state index contributed by atoms with van der Waals surface area (Å²) in [5.74, 6) is 0.203. The van der Waals surface area contributed by atoms with E-state index in [-0.39, 0.29) is 28.7 Å². The van der Waals surface area contributed by atoms with Crippen LogP contribution in [-0.2, 0) is 14.8 Å². The number of carbonyl (C=O) groups excluding carboxylic acids is 1. The molecule has 0 aromatic heterocycles. The highest BCUT2D eigenvalue weighted by Gasteiger charge is 2.27. The van der Waals surface area contributed by atoms with E-state index in [4.69, 9.17) is 4.74 Å². The van der Waals surface area contributed by atoms with Crippen molar-refractivity contribution < 1.29 is 17.9 Å². The molecule has 0 saturated carbocycles. The van der Waals surface area contributed by atoms with Crippen molar-refractivity contribution in [3.8, 4) is 0 Å². The maximum absolute atomic E-state index is 12.3. The second-order valence-electron chi connectivity index (χ2n) is 5.13. The van der Waals surface area contributed by atoms with Crippen LogP contribution < -0.4 is 4.72 Å². The normalized spacial score (nSPS) is 14.8. The Morgan fingerprint density at radius 1 is 1.29 bits per heavy atom. The first-order chi connectivity index (χ1) is 9.69. The Morgan fingerprint density at radius 2 is 1.95 bits per heavy atom. The number of benzene rings is 1. The first kappa shape index (κ1) is 15.3. The number of rotatable bonds is 4. The average molecular weight is 307 g/mol. The van der Waals surface area contributed by atoms with Crippen LogP contribution in [0.2, 0.25) is 0 Å². The van der Waals surface area contributed by atoms with E-state index in [1.807, 2.05) is 13.8 Å². The van der Waals surface area contributed by atoms with Crippen molar-refractivity contribution in [2.75, 3.05) is 11.0 Å². The van der Waals surface area contributed by atoms with Crippen molar-refractivity contribution in [1.29, 1.82) is 0 Å². The first-order valence-corrected chi connectivity index (χ1v) is 8.31. The van der Waals surface area contributed by atoms with Gasteiger partial charge in [0.25, 0.3) is 0 Å². The molecule has 1 aliphatic rings. The molecule has 5 nitrogen and oxygen atoms in total. The van der Waals surface area contributed by atoms with Crippen molar-refractivity contribution in [3.05, 3.63) is 47.6 Å². The smallest absolute Gasteiger partial charge is 0.229 e. The molecule has 0 bridgehead atoms. The Bertz CT molecular complexity index is 745. The molecule has 0 atom stereocenters. The van der Waals surface area contributed by atoms with Gasteiger partial charge in [-0.05, 0) is 26.0 Å². The number of hydrogen-bond donors (Lipinski definition) is 1. The molecule has 6 heteroatoms. The van der Waals surface area contributed by atoms with E-state index in [2.05, 4.69) is 11.3 Å². The largest absolute Gasteiger partial charge is 0.490 e. The summed E-state index contributed by atoms with van der Waals surface area (Å²) in [7, 11) is -3.48. The molecule has 0 radical (unpaired) electrons. The van der Waals surface area contributed by atoms with Gasteiger partial charge in [0.05, 0.1) is 23.6 Å². The zero-order valence-electron chi connectivity index (χ0n) is 12.1. The van der Waals surface area contributed by atoms with Gasteiger partial charge in [-0.2, -0.15) is 0 Å². The van der Waals surface area contributed by atoms with Crippen molar-refractivity contribution >= 4 is 27.3 Å². The van der Waals surface area contributed by atoms with Gasteiger partial charge in [-0.3, -0.25) is 9.52 Å². The first-order valence-electron chi connectivity index (χ1n) is 6.42. The van der Waals surface area contributed by atoms with Gasteiger partial charge in [0, 0.05) is 11.1 Å². The van der Waals surface area contributed by atoms with E-state index in [0.717, 1.165) is 6.26 Å². The van der Waals surface area contributed by atoms with E-state index in [1.165, 1.54) is 0 Å². The number of nitrogens with one attached hydrogen (secondary N) is 1. The van der Waals surface area contributed by atoms with Crippen LogP contribution in [-0.4, -0.2) is 26.6 Å². The van der Waals surface area contributed by atoms with E-state index >= 15 is 0 Å². The Labute approximate surface area is 124 Å².